The molecule has 150 valence electrons. The number of carbonyl (C=O) groups is 1. The molecule has 0 saturated carbocycles. The van der Waals surface area contributed by atoms with Gasteiger partial charge < -0.3 is 20.3 Å². The second kappa shape index (κ2) is 9.62. The van der Waals surface area contributed by atoms with Gasteiger partial charge in [0.05, 0.1) is 0 Å². The summed E-state index contributed by atoms with van der Waals surface area (Å²) in [6.45, 7) is 10.9. The number of piperidine rings is 1. The number of rotatable bonds is 4. The number of carbonyl (C=O) groups excluding carboxylic acids is 1. The topological polar surface area (TPSA) is 66.0 Å². The van der Waals surface area contributed by atoms with E-state index >= 15 is 0 Å². The number of likely N-dealkylation sites (tertiary alicyclic amines) is 1. The first-order valence-electron chi connectivity index (χ1n) is 9.75. The molecular formula is C21H34N4O2. The normalized spacial score (nSPS) is 16.2. The maximum Gasteiger partial charge on any atom is 0.410 e. The lowest BCUT2D eigenvalue weighted by molar-refractivity contribution is 0.0185. The van der Waals surface area contributed by atoms with Crippen molar-refractivity contribution >= 4 is 12.1 Å². The summed E-state index contributed by atoms with van der Waals surface area (Å²) in [6.07, 6.45) is 1.74. The van der Waals surface area contributed by atoms with Gasteiger partial charge in [-0.2, -0.15) is 0 Å². The number of ether oxygens (including phenoxy) is 1. The highest BCUT2D eigenvalue weighted by atomic mass is 16.6. The van der Waals surface area contributed by atoms with Crippen molar-refractivity contribution in [2.24, 2.45) is 10.9 Å². The third-order valence-electron chi connectivity index (χ3n) is 4.76. The monoisotopic (exact) mass is 374 g/mol. The zero-order valence-electron chi connectivity index (χ0n) is 17.3. The fourth-order valence-corrected chi connectivity index (χ4v) is 3.10. The predicted molar refractivity (Wildman–Crippen MR) is 110 cm³/mol. The highest BCUT2D eigenvalue weighted by Crippen LogP contribution is 2.19. The van der Waals surface area contributed by atoms with E-state index in [1.54, 1.807) is 7.05 Å². The number of hydrogen-bond acceptors (Lipinski definition) is 3. The van der Waals surface area contributed by atoms with Crippen LogP contribution in [-0.2, 0) is 11.3 Å². The summed E-state index contributed by atoms with van der Waals surface area (Å²) >= 11 is 0. The van der Waals surface area contributed by atoms with Crippen LogP contribution in [0.3, 0.4) is 0 Å². The van der Waals surface area contributed by atoms with Crippen LogP contribution < -0.4 is 10.6 Å². The molecule has 2 rings (SSSR count). The molecule has 1 aliphatic heterocycles. The van der Waals surface area contributed by atoms with Crippen LogP contribution in [0.4, 0.5) is 4.79 Å². The standard InChI is InChI=1S/C21H34N4O2/c1-16-8-6-7-9-18(16)15-24-19(22-5)23-14-17-10-12-25(13-11-17)20(26)27-21(2,3)4/h6-9,17H,10-15H2,1-5H3,(H2,22,23,24). The Morgan fingerprint density at radius 2 is 1.89 bits per heavy atom. The third-order valence-corrected chi connectivity index (χ3v) is 4.76. The van der Waals surface area contributed by atoms with Crippen molar-refractivity contribution in [3.05, 3.63) is 35.4 Å². The Balaban J connectivity index is 1.72. The van der Waals surface area contributed by atoms with E-state index in [1.165, 1.54) is 11.1 Å². The lowest BCUT2D eigenvalue weighted by Gasteiger charge is -2.33. The number of amides is 1. The summed E-state index contributed by atoms with van der Waals surface area (Å²) in [4.78, 5) is 18.3. The van der Waals surface area contributed by atoms with E-state index in [0.29, 0.717) is 5.92 Å². The first-order chi connectivity index (χ1) is 12.8. The summed E-state index contributed by atoms with van der Waals surface area (Å²) < 4.78 is 5.45. The van der Waals surface area contributed by atoms with Gasteiger partial charge >= 0.3 is 6.09 Å². The van der Waals surface area contributed by atoms with Gasteiger partial charge in [-0.1, -0.05) is 24.3 Å². The number of hydrogen-bond donors (Lipinski definition) is 2. The van der Waals surface area contributed by atoms with Crippen molar-refractivity contribution < 1.29 is 9.53 Å². The van der Waals surface area contributed by atoms with Crippen molar-refractivity contribution in [3.8, 4) is 0 Å². The van der Waals surface area contributed by atoms with E-state index in [-0.39, 0.29) is 6.09 Å². The largest absolute Gasteiger partial charge is 0.444 e. The molecule has 0 bridgehead atoms. The zero-order chi connectivity index (χ0) is 19.9. The zero-order valence-corrected chi connectivity index (χ0v) is 17.3. The summed E-state index contributed by atoms with van der Waals surface area (Å²) in [5.41, 5.74) is 2.10. The number of guanidine groups is 1. The van der Waals surface area contributed by atoms with Gasteiger partial charge in [0.1, 0.15) is 5.60 Å². The molecule has 0 atom stereocenters. The number of nitrogens with one attached hydrogen (secondary N) is 2. The van der Waals surface area contributed by atoms with E-state index in [2.05, 4.69) is 46.8 Å². The van der Waals surface area contributed by atoms with Gasteiger partial charge in [0.2, 0.25) is 0 Å². The highest BCUT2D eigenvalue weighted by molar-refractivity contribution is 5.79. The Hall–Kier alpha value is -2.24. The van der Waals surface area contributed by atoms with Gasteiger partial charge in [-0.3, -0.25) is 4.99 Å². The average Bonchev–Trinajstić information content (AvgIpc) is 2.62. The predicted octanol–water partition coefficient (Wildman–Crippen LogP) is 3.31. The van der Waals surface area contributed by atoms with Crippen LogP contribution in [0, 0.1) is 12.8 Å². The average molecular weight is 375 g/mol. The van der Waals surface area contributed by atoms with Gasteiger partial charge in [-0.05, 0) is 57.6 Å². The summed E-state index contributed by atoms with van der Waals surface area (Å²) in [7, 11) is 1.79. The Morgan fingerprint density at radius 1 is 1.22 bits per heavy atom. The molecule has 1 heterocycles. The van der Waals surface area contributed by atoms with Gasteiger partial charge in [-0.25, -0.2) is 4.79 Å². The fourth-order valence-electron chi connectivity index (χ4n) is 3.10. The van der Waals surface area contributed by atoms with Crippen molar-refractivity contribution in [1.29, 1.82) is 0 Å². The molecule has 0 aromatic heterocycles. The molecule has 6 heteroatoms. The van der Waals surface area contributed by atoms with E-state index in [9.17, 15) is 4.79 Å². The number of benzene rings is 1. The van der Waals surface area contributed by atoms with Crippen molar-refractivity contribution in [2.45, 2.75) is 52.7 Å². The number of aliphatic imine (C=N–C) groups is 1. The van der Waals surface area contributed by atoms with Crippen molar-refractivity contribution in [3.63, 3.8) is 0 Å². The second-order valence-electron chi connectivity index (χ2n) is 8.14. The lowest BCUT2D eigenvalue weighted by Crippen LogP contribution is -2.45. The van der Waals surface area contributed by atoms with Crippen molar-refractivity contribution in [1.82, 2.24) is 15.5 Å². The van der Waals surface area contributed by atoms with E-state index < -0.39 is 5.60 Å². The van der Waals surface area contributed by atoms with Crippen LogP contribution in [0.1, 0.15) is 44.7 Å². The first-order valence-corrected chi connectivity index (χ1v) is 9.75. The molecule has 1 aromatic rings. The summed E-state index contributed by atoms with van der Waals surface area (Å²) in [5.74, 6) is 1.34. The SMILES string of the molecule is CN=C(NCc1ccccc1C)NCC1CCN(C(=O)OC(C)(C)C)CC1. The van der Waals surface area contributed by atoms with Crippen LogP contribution in [0.25, 0.3) is 0 Å². The van der Waals surface area contributed by atoms with Crippen molar-refractivity contribution in [2.75, 3.05) is 26.7 Å². The number of nitrogens with zero attached hydrogens (tertiary/aromatic N) is 2. The van der Waals surface area contributed by atoms with E-state index in [0.717, 1.165) is 45.0 Å². The molecule has 2 N–H and O–H groups in total. The summed E-state index contributed by atoms with van der Waals surface area (Å²) in [5, 5.41) is 6.79. The maximum absolute atomic E-state index is 12.1. The maximum atomic E-state index is 12.1. The van der Waals surface area contributed by atoms with Gasteiger partial charge in [0, 0.05) is 33.2 Å². The van der Waals surface area contributed by atoms with Crippen LogP contribution in [-0.4, -0.2) is 49.2 Å². The summed E-state index contributed by atoms with van der Waals surface area (Å²) in [6, 6.07) is 8.35. The quantitative estimate of drug-likeness (QED) is 0.627. The van der Waals surface area contributed by atoms with Crippen LogP contribution in [0.15, 0.2) is 29.3 Å². The molecule has 1 aliphatic rings. The van der Waals surface area contributed by atoms with Crippen LogP contribution in [0.2, 0.25) is 0 Å². The fraction of sp³-hybridized carbons (Fsp3) is 0.619. The van der Waals surface area contributed by atoms with Crippen LogP contribution >= 0.6 is 0 Å². The first kappa shape index (κ1) is 21.1. The lowest BCUT2D eigenvalue weighted by atomic mass is 9.97. The van der Waals surface area contributed by atoms with Gasteiger partial charge in [-0.15, -0.1) is 0 Å². The molecule has 1 aromatic carbocycles. The molecule has 6 nitrogen and oxygen atoms in total. The Morgan fingerprint density at radius 3 is 2.48 bits per heavy atom. The molecule has 1 fully saturated rings. The highest BCUT2D eigenvalue weighted by Gasteiger charge is 2.26. The minimum absolute atomic E-state index is 0.204. The molecule has 0 unspecified atom stereocenters. The minimum atomic E-state index is -0.440. The van der Waals surface area contributed by atoms with Gasteiger partial charge in [0.15, 0.2) is 5.96 Å². The number of aryl methyl sites for hydroxylation is 1. The Labute approximate surface area is 163 Å². The molecule has 27 heavy (non-hydrogen) atoms. The molecule has 0 radical (unpaired) electrons. The van der Waals surface area contributed by atoms with E-state index in [4.69, 9.17) is 4.74 Å². The van der Waals surface area contributed by atoms with Gasteiger partial charge in [0.25, 0.3) is 0 Å². The molecule has 0 aliphatic carbocycles. The molecule has 0 spiro atoms. The molecule has 1 amide bonds. The van der Waals surface area contributed by atoms with Crippen LogP contribution in [0.5, 0.6) is 0 Å². The molecule has 1 saturated heterocycles. The second-order valence-corrected chi connectivity index (χ2v) is 8.14. The molecular weight excluding hydrogens is 340 g/mol. The minimum Gasteiger partial charge on any atom is -0.444 e. The Bertz CT molecular complexity index is 644. The smallest absolute Gasteiger partial charge is 0.410 e. The van der Waals surface area contributed by atoms with E-state index in [1.807, 2.05) is 25.7 Å². The Kier molecular flexibility index (Phi) is 7.51. The third kappa shape index (κ3) is 7.12.